The van der Waals surface area contributed by atoms with Gasteiger partial charge >= 0.3 is 5.97 Å². The minimum Gasteiger partial charge on any atom is -0.493 e. The van der Waals surface area contributed by atoms with Crippen LogP contribution >= 0.6 is 0 Å². The number of carbonyl (C=O) groups is 2. The normalized spacial score (nSPS) is 15.1. The molecular weight excluding hydrogens is 416 g/mol. The highest BCUT2D eigenvalue weighted by atomic mass is 16.5. The zero-order valence-corrected chi connectivity index (χ0v) is 19.8. The zero-order valence-electron chi connectivity index (χ0n) is 19.8. The Morgan fingerprint density at radius 2 is 1.79 bits per heavy atom. The molecule has 1 aliphatic carbocycles. The Kier molecular flexibility index (Phi) is 9.28. The Hall–Kier alpha value is -2.89. The van der Waals surface area contributed by atoms with Crippen molar-refractivity contribution in [2.45, 2.75) is 70.8 Å². The monoisotopic (exact) mass is 452 g/mol. The predicted octanol–water partition coefficient (Wildman–Crippen LogP) is 4.69. The molecule has 6 nitrogen and oxygen atoms in total. The van der Waals surface area contributed by atoms with E-state index in [-0.39, 0.29) is 18.4 Å². The van der Waals surface area contributed by atoms with Crippen LogP contribution in [0.4, 0.5) is 0 Å². The number of ether oxygens (including phenoxy) is 1. The standard InChI is InChI=1S/C27H36N2O4/c1-3-20-9-12-23(28-19-20)15-16-33-25-13-10-21(11-14-25)17-22(27(31)32)18-26(30)29(2)24-7-5-4-6-8-24/h9-14,19,22,24H,3-8,15-18H2,1-2H3,(H,31,32). The quantitative estimate of drug-likeness (QED) is 0.535. The molecular formula is C27H36N2O4. The van der Waals surface area contributed by atoms with E-state index < -0.39 is 11.9 Å². The minimum atomic E-state index is -0.928. The van der Waals surface area contributed by atoms with Gasteiger partial charge in [-0.25, -0.2) is 0 Å². The summed E-state index contributed by atoms with van der Waals surface area (Å²) >= 11 is 0. The number of rotatable bonds is 11. The first-order valence-electron chi connectivity index (χ1n) is 12.1. The van der Waals surface area contributed by atoms with E-state index in [0.717, 1.165) is 55.5 Å². The van der Waals surface area contributed by atoms with E-state index in [4.69, 9.17) is 4.74 Å². The topological polar surface area (TPSA) is 79.7 Å². The Balaban J connectivity index is 1.48. The van der Waals surface area contributed by atoms with Crippen molar-refractivity contribution in [3.05, 3.63) is 59.4 Å². The summed E-state index contributed by atoms with van der Waals surface area (Å²) in [7, 11) is 1.82. The maximum Gasteiger partial charge on any atom is 0.307 e. The van der Waals surface area contributed by atoms with Crippen LogP contribution in [0.25, 0.3) is 0 Å². The van der Waals surface area contributed by atoms with Crippen molar-refractivity contribution in [2.24, 2.45) is 5.92 Å². The van der Waals surface area contributed by atoms with Crippen molar-refractivity contribution in [2.75, 3.05) is 13.7 Å². The molecule has 1 unspecified atom stereocenters. The number of benzene rings is 1. The zero-order chi connectivity index (χ0) is 23.6. The largest absolute Gasteiger partial charge is 0.493 e. The predicted molar refractivity (Wildman–Crippen MR) is 128 cm³/mol. The molecule has 178 valence electrons. The lowest BCUT2D eigenvalue weighted by atomic mass is 9.92. The molecule has 0 radical (unpaired) electrons. The van der Waals surface area contributed by atoms with Gasteiger partial charge in [-0.1, -0.05) is 44.4 Å². The molecule has 1 aliphatic rings. The van der Waals surface area contributed by atoms with Gasteiger partial charge in [0.1, 0.15) is 5.75 Å². The molecule has 1 aromatic carbocycles. The summed E-state index contributed by atoms with van der Waals surface area (Å²) in [6.07, 6.45) is 9.50. The van der Waals surface area contributed by atoms with E-state index in [2.05, 4.69) is 18.0 Å². The highest BCUT2D eigenvalue weighted by Crippen LogP contribution is 2.24. The second kappa shape index (κ2) is 12.4. The fourth-order valence-electron chi connectivity index (χ4n) is 4.37. The van der Waals surface area contributed by atoms with E-state index in [1.54, 1.807) is 4.90 Å². The van der Waals surface area contributed by atoms with E-state index in [1.807, 2.05) is 43.6 Å². The molecule has 6 heteroatoms. The smallest absolute Gasteiger partial charge is 0.307 e. The Morgan fingerprint density at radius 1 is 1.09 bits per heavy atom. The van der Waals surface area contributed by atoms with Gasteiger partial charge in [-0.2, -0.15) is 0 Å². The highest BCUT2D eigenvalue weighted by molar-refractivity contribution is 5.82. The maximum atomic E-state index is 12.7. The fourth-order valence-corrected chi connectivity index (χ4v) is 4.37. The molecule has 0 aliphatic heterocycles. The van der Waals surface area contributed by atoms with E-state index in [1.165, 1.54) is 12.0 Å². The SMILES string of the molecule is CCc1ccc(CCOc2ccc(CC(CC(=O)N(C)C3CCCCC3)C(=O)O)cc2)nc1. The fraction of sp³-hybridized carbons (Fsp3) is 0.519. The molecule has 3 rings (SSSR count). The van der Waals surface area contributed by atoms with Crippen LogP contribution in [-0.4, -0.2) is 46.6 Å². The highest BCUT2D eigenvalue weighted by Gasteiger charge is 2.27. The molecule has 2 aromatic rings. The van der Waals surface area contributed by atoms with Crippen LogP contribution in [0.3, 0.4) is 0 Å². The number of aromatic nitrogens is 1. The number of carboxylic acid groups (broad SMARTS) is 1. The molecule has 0 saturated heterocycles. The van der Waals surface area contributed by atoms with Crippen molar-refractivity contribution >= 4 is 11.9 Å². The maximum absolute atomic E-state index is 12.7. The third kappa shape index (κ3) is 7.58. The second-order valence-corrected chi connectivity index (χ2v) is 8.99. The first-order chi connectivity index (χ1) is 16.0. The lowest BCUT2D eigenvalue weighted by molar-refractivity contribution is -0.146. The lowest BCUT2D eigenvalue weighted by Crippen LogP contribution is -2.40. The molecule has 1 aromatic heterocycles. The molecule has 1 saturated carbocycles. The second-order valence-electron chi connectivity index (χ2n) is 8.99. The van der Waals surface area contributed by atoms with Crippen LogP contribution in [0.15, 0.2) is 42.6 Å². The Bertz CT molecular complexity index is 889. The number of pyridine rings is 1. The van der Waals surface area contributed by atoms with Crippen LogP contribution < -0.4 is 4.74 Å². The molecule has 0 spiro atoms. The number of nitrogens with zero attached hydrogens (tertiary/aromatic N) is 2. The molecule has 1 heterocycles. The summed E-state index contributed by atoms with van der Waals surface area (Å²) in [5.41, 5.74) is 3.10. The van der Waals surface area contributed by atoms with E-state index in [9.17, 15) is 14.7 Å². The average Bonchev–Trinajstić information content (AvgIpc) is 2.85. The van der Waals surface area contributed by atoms with Crippen LogP contribution in [0.1, 0.15) is 62.3 Å². The first kappa shape index (κ1) is 24.7. The molecule has 1 fully saturated rings. The number of aliphatic carboxylic acids is 1. The van der Waals surface area contributed by atoms with Gasteiger partial charge in [-0.3, -0.25) is 14.6 Å². The van der Waals surface area contributed by atoms with Gasteiger partial charge in [0.15, 0.2) is 0 Å². The summed E-state index contributed by atoms with van der Waals surface area (Å²) in [5.74, 6) is -0.992. The van der Waals surface area contributed by atoms with Crippen LogP contribution in [0.5, 0.6) is 5.75 Å². The van der Waals surface area contributed by atoms with Gasteiger partial charge in [-0.05, 0) is 55.0 Å². The minimum absolute atomic E-state index is 0.0321. The Labute approximate surface area is 197 Å². The van der Waals surface area contributed by atoms with Gasteiger partial charge in [-0.15, -0.1) is 0 Å². The van der Waals surface area contributed by atoms with Crippen LogP contribution in [0.2, 0.25) is 0 Å². The molecule has 1 N–H and O–H groups in total. The number of carbonyl (C=O) groups excluding carboxylic acids is 1. The average molecular weight is 453 g/mol. The van der Waals surface area contributed by atoms with Gasteiger partial charge < -0.3 is 14.7 Å². The first-order valence-corrected chi connectivity index (χ1v) is 12.1. The number of hydrogen-bond acceptors (Lipinski definition) is 4. The van der Waals surface area contributed by atoms with Crippen molar-refractivity contribution in [3.63, 3.8) is 0 Å². The van der Waals surface area contributed by atoms with E-state index in [0.29, 0.717) is 13.0 Å². The van der Waals surface area contributed by atoms with Crippen molar-refractivity contribution in [1.29, 1.82) is 0 Å². The van der Waals surface area contributed by atoms with Crippen LogP contribution in [-0.2, 0) is 28.9 Å². The number of hydrogen-bond donors (Lipinski definition) is 1. The lowest BCUT2D eigenvalue weighted by Gasteiger charge is -2.32. The summed E-state index contributed by atoms with van der Waals surface area (Å²) in [6.45, 7) is 2.63. The van der Waals surface area contributed by atoms with Gasteiger partial charge in [0.25, 0.3) is 0 Å². The summed E-state index contributed by atoms with van der Waals surface area (Å²) in [5, 5.41) is 9.69. The van der Waals surface area contributed by atoms with Crippen molar-refractivity contribution in [3.8, 4) is 5.75 Å². The summed E-state index contributed by atoms with van der Waals surface area (Å²) < 4.78 is 5.82. The molecule has 33 heavy (non-hydrogen) atoms. The van der Waals surface area contributed by atoms with Gasteiger partial charge in [0.2, 0.25) is 5.91 Å². The third-order valence-corrected chi connectivity index (χ3v) is 6.61. The summed E-state index contributed by atoms with van der Waals surface area (Å²) in [4.78, 5) is 30.7. The molecule has 1 atom stereocenters. The van der Waals surface area contributed by atoms with Crippen molar-refractivity contribution < 1.29 is 19.4 Å². The molecule has 0 bridgehead atoms. The van der Waals surface area contributed by atoms with Crippen molar-refractivity contribution in [1.82, 2.24) is 9.88 Å². The van der Waals surface area contributed by atoms with E-state index >= 15 is 0 Å². The molecule has 1 amide bonds. The Morgan fingerprint density at radius 3 is 2.39 bits per heavy atom. The summed E-state index contributed by atoms with van der Waals surface area (Å²) in [6, 6.07) is 11.9. The third-order valence-electron chi connectivity index (χ3n) is 6.61. The number of amides is 1. The van der Waals surface area contributed by atoms with Gasteiger partial charge in [0.05, 0.1) is 12.5 Å². The number of aryl methyl sites for hydroxylation is 1. The van der Waals surface area contributed by atoms with Crippen LogP contribution in [0, 0.1) is 5.92 Å². The van der Waals surface area contributed by atoms with Gasteiger partial charge in [0, 0.05) is 37.8 Å². The number of carboxylic acids is 1.